The Bertz CT molecular complexity index is 891. The summed E-state index contributed by atoms with van der Waals surface area (Å²) in [5, 5.41) is 5.89. The average Bonchev–Trinajstić information content (AvgIpc) is 3.15. The SMILES string of the molecule is CCC(C)c1ccc(OCC(=O)Nc2nc(-c3ccc(Cl)cc3)cs2)cc1. The average molecular weight is 401 g/mol. The Morgan fingerprint density at radius 1 is 1.19 bits per heavy atom. The fraction of sp³-hybridized carbons (Fsp3) is 0.238. The van der Waals surface area contributed by atoms with Crippen LogP contribution in [-0.2, 0) is 4.79 Å². The molecule has 0 aliphatic carbocycles. The molecule has 0 fully saturated rings. The van der Waals surface area contributed by atoms with E-state index < -0.39 is 0 Å². The molecule has 0 bridgehead atoms. The van der Waals surface area contributed by atoms with Gasteiger partial charge in [-0.1, -0.05) is 49.7 Å². The number of halogens is 1. The van der Waals surface area contributed by atoms with E-state index in [1.54, 1.807) is 0 Å². The fourth-order valence-electron chi connectivity index (χ4n) is 2.52. The van der Waals surface area contributed by atoms with Gasteiger partial charge in [0.05, 0.1) is 5.69 Å². The molecular weight excluding hydrogens is 380 g/mol. The van der Waals surface area contributed by atoms with Crippen LogP contribution in [0.3, 0.4) is 0 Å². The molecule has 3 rings (SSSR count). The molecule has 27 heavy (non-hydrogen) atoms. The number of rotatable bonds is 7. The summed E-state index contributed by atoms with van der Waals surface area (Å²) in [7, 11) is 0. The summed E-state index contributed by atoms with van der Waals surface area (Å²) in [5.74, 6) is 0.957. The van der Waals surface area contributed by atoms with E-state index in [4.69, 9.17) is 16.3 Å². The Labute approximate surface area is 168 Å². The quantitative estimate of drug-likeness (QED) is 0.529. The van der Waals surface area contributed by atoms with Crippen LogP contribution in [0.15, 0.2) is 53.9 Å². The number of thiazole rings is 1. The molecule has 1 aromatic heterocycles. The van der Waals surface area contributed by atoms with Crippen LogP contribution >= 0.6 is 22.9 Å². The van der Waals surface area contributed by atoms with Gasteiger partial charge in [0.15, 0.2) is 11.7 Å². The molecule has 1 amide bonds. The van der Waals surface area contributed by atoms with Crippen molar-refractivity contribution < 1.29 is 9.53 Å². The van der Waals surface area contributed by atoms with E-state index >= 15 is 0 Å². The van der Waals surface area contributed by atoms with Gasteiger partial charge >= 0.3 is 0 Å². The number of anilines is 1. The third kappa shape index (κ3) is 5.31. The molecule has 0 radical (unpaired) electrons. The summed E-state index contributed by atoms with van der Waals surface area (Å²) in [6, 6.07) is 15.3. The van der Waals surface area contributed by atoms with Gasteiger partial charge < -0.3 is 4.74 Å². The molecule has 0 spiro atoms. The fourth-order valence-corrected chi connectivity index (χ4v) is 3.38. The van der Waals surface area contributed by atoms with Crippen LogP contribution in [0.4, 0.5) is 5.13 Å². The number of ether oxygens (including phenoxy) is 1. The van der Waals surface area contributed by atoms with Crippen molar-refractivity contribution in [1.82, 2.24) is 4.98 Å². The van der Waals surface area contributed by atoms with Crippen molar-refractivity contribution in [2.24, 2.45) is 0 Å². The van der Waals surface area contributed by atoms with Gasteiger partial charge in [0, 0.05) is 16.0 Å². The Hall–Kier alpha value is -2.37. The predicted octanol–water partition coefficient (Wildman–Crippen LogP) is 5.99. The van der Waals surface area contributed by atoms with Gasteiger partial charge in [-0.3, -0.25) is 10.1 Å². The van der Waals surface area contributed by atoms with Gasteiger partial charge in [0.25, 0.3) is 5.91 Å². The lowest BCUT2D eigenvalue weighted by atomic mass is 9.99. The highest BCUT2D eigenvalue weighted by atomic mass is 35.5. The Morgan fingerprint density at radius 3 is 2.56 bits per heavy atom. The third-order valence-corrected chi connectivity index (χ3v) is 5.33. The number of carbonyl (C=O) groups is 1. The number of benzene rings is 2. The minimum Gasteiger partial charge on any atom is -0.484 e. The van der Waals surface area contributed by atoms with Crippen molar-refractivity contribution in [3.8, 4) is 17.0 Å². The number of hydrogen-bond donors (Lipinski definition) is 1. The summed E-state index contributed by atoms with van der Waals surface area (Å²) >= 11 is 7.28. The lowest BCUT2D eigenvalue weighted by Crippen LogP contribution is -2.20. The minimum atomic E-state index is -0.238. The molecule has 1 unspecified atom stereocenters. The van der Waals surface area contributed by atoms with E-state index in [1.807, 2.05) is 53.9 Å². The number of carbonyl (C=O) groups excluding carboxylic acids is 1. The summed E-state index contributed by atoms with van der Waals surface area (Å²) in [6.45, 7) is 4.30. The highest BCUT2D eigenvalue weighted by Gasteiger charge is 2.09. The van der Waals surface area contributed by atoms with Crippen molar-refractivity contribution in [2.75, 3.05) is 11.9 Å². The van der Waals surface area contributed by atoms with Crippen LogP contribution in [0.1, 0.15) is 31.7 Å². The maximum atomic E-state index is 12.1. The number of aromatic nitrogens is 1. The molecule has 0 saturated carbocycles. The molecule has 140 valence electrons. The summed E-state index contributed by atoms with van der Waals surface area (Å²) in [6.07, 6.45) is 1.09. The monoisotopic (exact) mass is 400 g/mol. The molecular formula is C21H21ClN2O2S. The molecule has 3 aromatic rings. The maximum absolute atomic E-state index is 12.1. The Morgan fingerprint density at radius 2 is 1.89 bits per heavy atom. The first-order valence-corrected chi connectivity index (χ1v) is 10.0. The van der Waals surface area contributed by atoms with Gasteiger partial charge in [-0.15, -0.1) is 11.3 Å². The summed E-state index contributed by atoms with van der Waals surface area (Å²) < 4.78 is 5.56. The largest absolute Gasteiger partial charge is 0.484 e. The Kier molecular flexibility index (Phi) is 6.48. The minimum absolute atomic E-state index is 0.0570. The van der Waals surface area contributed by atoms with Gasteiger partial charge in [-0.2, -0.15) is 0 Å². The van der Waals surface area contributed by atoms with Gasteiger partial charge in [-0.05, 0) is 42.2 Å². The summed E-state index contributed by atoms with van der Waals surface area (Å²) in [5.41, 5.74) is 3.02. The van der Waals surface area contributed by atoms with Gasteiger partial charge in [0.1, 0.15) is 5.75 Å². The van der Waals surface area contributed by atoms with E-state index in [0.717, 1.165) is 17.7 Å². The van der Waals surface area contributed by atoms with Gasteiger partial charge in [0.2, 0.25) is 0 Å². The van der Waals surface area contributed by atoms with Crippen LogP contribution in [0.5, 0.6) is 5.75 Å². The van der Waals surface area contributed by atoms with Crippen molar-refractivity contribution in [3.05, 3.63) is 64.5 Å². The summed E-state index contributed by atoms with van der Waals surface area (Å²) in [4.78, 5) is 16.5. The Balaban J connectivity index is 1.53. The van der Waals surface area contributed by atoms with E-state index in [0.29, 0.717) is 21.8 Å². The van der Waals surface area contributed by atoms with Crippen molar-refractivity contribution in [3.63, 3.8) is 0 Å². The van der Waals surface area contributed by atoms with Crippen molar-refractivity contribution in [1.29, 1.82) is 0 Å². The molecule has 0 aliphatic rings. The van der Waals surface area contributed by atoms with E-state index in [1.165, 1.54) is 16.9 Å². The molecule has 2 aromatic carbocycles. The van der Waals surface area contributed by atoms with E-state index in [-0.39, 0.29) is 12.5 Å². The molecule has 1 N–H and O–H groups in total. The molecule has 6 heteroatoms. The second-order valence-electron chi connectivity index (χ2n) is 6.26. The highest BCUT2D eigenvalue weighted by Crippen LogP contribution is 2.26. The second kappa shape index (κ2) is 9.02. The molecule has 1 heterocycles. The highest BCUT2D eigenvalue weighted by molar-refractivity contribution is 7.14. The van der Waals surface area contributed by atoms with Crippen molar-refractivity contribution >= 4 is 34.0 Å². The van der Waals surface area contributed by atoms with Crippen LogP contribution in [0.25, 0.3) is 11.3 Å². The second-order valence-corrected chi connectivity index (χ2v) is 7.55. The van der Waals surface area contributed by atoms with Crippen molar-refractivity contribution in [2.45, 2.75) is 26.2 Å². The number of hydrogen-bond acceptors (Lipinski definition) is 4. The normalized spacial score (nSPS) is 11.8. The first-order valence-electron chi connectivity index (χ1n) is 8.79. The van der Waals surface area contributed by atoms with E-state index in [9.17, 15) is 4.79 Å². The third-order valence-electron chi connectivity index (χ3n) is 4.32. The van der Waals surface area contributed by atoms with E-state index in [2.05, 4.69) is 24.1 Å². The van der Waals surface area contributed by atoms with Crippen LogP contribution in [0.2, 0.25) is 5.02 Å². The predicted molar refractivity (Wildman–Crippen MR) is 112 cm³/mol. The first-order chi connectivity index (χ1) is 13.0. The van der Waals surface area contributed by atoms with Crippen LogP contribution in [0, 0.1) is 0 Å². The smallest absolute Gasteiger partial charge is 0.264 e. The molecule has 0 saturated heterocycles. The number of nitrogens with one attached hydrogen (secondary N) is 1. The first kappa shape index (κ1) is 19.4. The molecule has 4 nitrogen and oxygen atoms in total. The number of nitrogens with zero attached hydrogens (tertiary/aromatic N) is 1. The zero-order valence-corrected chi connectivity index (χ0v) is 16.8. The zero-order valence-electron chi connectivity index (χ0n) is 15.2. The van der Waals surface area contributed by atoms with Crippen LogP contribution in [-0.4, -0.2) is 17.5 Å². The van der Waals surface area contributed by atoms with Gasteiger partial charge in [-0.25, -0.2) is 4.98 Å². The topological polar surface area (TPSA) is 51.2 Å². The lowest BCUT2D eigenvalue weighted by Gasteiger charge is -2.10. The maximum Gasteiger partial charge on any atom is 0.264 e. The van der Waals surface area contributed by atoms with Crippen LogP contribution < -0.4 is 10.1 Å². The standard InChI is InChI=1S/C21H21ClN2O2S/c1-3-14(2)15-6-10-18(11-7-15)26-12-20(25)24-21-23-19(13-27-21)16-4-8-17(22)9-5-16/h4-11,13-14H,3,12H2,1-2H3,(H,23,24,25). The number of amides is 1. The molecule has 0 aliphatic heterocycles. The lowest BCUT2D eigenvalue weighted by molar-refractivity contribution is -0.118. The zero-order chi connectivity index (χ0) is 19.2. The molecule has 1 atom stereocenters.